The smallest absolute Gasteiger partial charge is 0.256 e. The fraction of sp³-hybridized carbons (Fsp3) is 0.167. The van der Waals surface area contributed by atoms with Crippen LogP contribution in [0.4, 0.5) is 13.2 Å². The van der Waals surface area contributed by atoms with Gasteiger partial charge in [-0.2, -0.15) is 13.2 Å². The number of nitrogens with zero attached hydrogens (tertiary/aromatic N) is 2. The summed E-state index contributed by atoms with van der Waals surface area (Å²) < 4.78 is 38.3. The van der Waals surface area contributed by atoms with E-state index in [1.807, 2.05) is 6.20 Å². The molecule has 0 unspecified atom stereocenters. The molecule has 0 atom stereocenters. The first kappa shape index (κ1) is 11.6. The van der Waals surface area contributed by atoms with Gasteiger partial charge in [0.25, 0.3) is 0 Å². The number of hydrogen-bond acceptors (Lipinski definition) is 2. The highest BCUT2D eigenvalue weighted by molar-refractivity contribution is 5.66. The zero-order valence-electron chi connectivity index (χ0n) is 8.92. The first-order valence-electron chi connectivity index (χ1n) is 4.86. The van der Waals surface area contributed by atoms with Crippen molar-refractivity contribution in [1.82, 2.24) is 9.97 Å². The van der Waals surface area contributed by atoms with Crippen LogP contribution in [-0.2, 0) is 6.18 Å². The van der Waals surface area contributed by atoms with Crippen molar-refractivity contribution in [2.24, 2.45) is 0 Å². The van der Waals surface area contributed by atoms with Crippen molar-refractivity contribution in [3.63, 3.8) is 0 Å². The van der Waals surface area contributed by atoms with Crippen LogP contribution in [-0.4, -0.2) is 9.97 Å². The lowest BCUT2D eigenvalue weighted by Gasteiger charge is -2.12. The van der Waals surface area contributed by atoms with E-state index in [4.69, 9.17) is 0 Å². The molecule has 0 spiro atoms. The molecule has 87 valence electrons. The van der Waals surface area contributed by atoms with Gasteiger partial charge in [-0.05, 0) is 24.6 Å². The lowest BCUT2D eigenvalue weighted by molar-refractivity contribution is -0.137. The van der Waals surface area contributed by atoms with Gasteiger partial charge in [0, 0.05) is 18.0 Å². The van der Waals surface area contributed by atoms with Crippen molar-refractivity contribution in [1.29, 1.82) is 0 Å². The minimum absolute atomic E-state index is 0.00519. The summed E-state index contributed by atoms with van der Waals surface area (Å²) in [6.45, 7) is 1.71. The second-order valence-corrected chi connectivity index (χ2v) is 3.51. The fourth-order valence-electron chi connectivity index (χ4n) is 1.54. The predicted molar refractivity (Wildman–Crippen MR) is 56.0 cm³/mol. The summed E-state index contributed by atoms with van der Waals surface area (Å²) in [5.74, 6) is 0. The number of aryl methyl sites for hydroxylation is 1. The van der Waals surface area contributed by atoms with Gasteiger partial charge in [0.1, 0.15) is 6.20 Å². The maximum absolute atomic E-state index is 12.8. The Hall–Kier alpha value is -1.91. The summed E-state index contributed by atoms with van der Waals surface area (Å²) in [5, 5.41) is 0. The monoisotopic (exact) mass is 237 g/mol. The van der Waals surface area contributed by atoms with Crippen molar-refractivity contribution >= 4 is 0 Å². The Balaban J connectivity index is 2.65. The third kappa shape index (κ3) is 2.27. The molecule has 0 amide bonds. The molecule has 0 aliphatic rings. The van der Waals surface area contributed by atoms with E-state index in [9.17, 15) is 13.2 Å². The minimum atomic E-state index is -4.48. The number of rotatable bonds is 1. The van der Waals surface area contributed by atoms with E-state index < -0.39 is 11.7 Å². The van der Waals surface area contributed by atoms with Gasteiger partial charge in [-0.3, -0.25) is 9.97 Å². The van der Waals surface area contributed by atoms with Crippen molar-refractivity contribution in [3.8, 4) is 11.3 Å². The van der Waals surface area contributed by atoms with Gasteiger partial charge in [0.2, 0.25) is 0 Å². The Bertz CT molecular complexity index is 535. The van der Waals surface area contributed by atoms with E-state index in [1.165, 1.54) is 18.5 Å². The molecular formula is C12H8F3N2. The predicted octanol–water partition coefficient (Wildman–Crippen LogP) is 3.27. The van der Waals surface area contributed by atoms with Crippen LogP contribution in [0.2, 0.25) is 0 Å². The van der Waals surface area contributed by atoms with E-state index in [0.717, 1.165) is 0 Å². The van der Waals surface area contributed by atoms with Crippen molar-refractivity contribution in [3.05, 3.63) is 47.9 Å². The number of halogens is 3. The average Bonchev–Trinajstić information content (AvgIpc) is 2.28. The van der Waals surface area contributed by atoms with Crippen LogP contribution in [0.3, 0.4) is 0 Å². The molecule has 0 saturated carbocycles. The third-order valence-corrected chi connectivity index (χ3v) is 2.31. The molecule has 0 fully saturated rings. The Morgan fingerprint density at radius 2 is 1.94 bits per heavy atom. The highest BCUT2D eigenvalue weighted by atomic mass is 19.4. The van der Waals surface area contributed by atoms with Crippen LogP contribution in [0, 0.1) is 13.1 Å². The number of hydrogen-bond donors (Lipinski definition) is 0. The fourth-order valence-corrected chi connectivity index (χ4v) is 1.54. The first-order valence-corrected chi connectivity index (χ1v) is 4.86. The minimum Gasteiger partial charge on any atom is -0.256 e. The largest absolute Gasteiger partial charge is 0.419 e. The van der Waals surface area contributed by atoms with Crippen LogP contribution in [0.1, 0.15) is 11.1 Å². The summed E-state index contributed by atoms with van der Waals surface area (Å²) in [4.78, 5) is 7.37. The molecule has 2 aromatic heterocycles. The molecule has 2 nitrogen and oxygen atoms in total. The van der Waals surface area contributed by atoms with Gasteiger partial charge in [-0.25, -0.2) is 0 Å². The quantitative estimate of drug-likeness (QED) is 0.760. The van der Waals surface area contributed by atoms with E-state index >= 15 is 0 Å². The Morgan fingerprint density at radius 3 is 2.59 bits per heavy atom. The molecule has 0 aliphatic carbocycles. The van der Waals surface area contributed by atoms with Crippen LogP contribution < -0.4 is 0 Å². The van der Waals surface area contributed by atoms with Crippen molar-refractivity contribution < 1.29 is 13.2 Å². The van der Waals surface area contributed by atoms with E-state index in [0.29, 0.717) is 11.3 Å². The van der Waals surface area contributed by atoms with Gasteiger partial charge >= 0.3 is 6.18 Å². The van der Waals surface area contributed by atoms with Crippen molar-refractivity contribution in [2.75, 3.05) is 0 Å². The molecule has 0 saturated heterocycles. The van der Waals surface area contributed by atoms with Gasteiger partial charge in [0.15, 0.2) is 0 Å². The lowest BCUT2D eigenvalue weighted by Crippen LogP contribution is -2.08. The maximum atomic E-state index is 12.8. The number of aromatic nitrogens is 2. The van der Waals surface area contributed by atoms with E-state index in [1.54, 1.807) is 19.1 Å². The van der Waals surface area contributed by atoms with Crippen LogP contribution in [0.5, 0.6) is 0 Å². The molecule has 5 heteroatoms. The van der Waals surface area contributed by atoms with Crippen LogP contribution >= 0.6 is 0 Å². The van der Waals surface area contributed by atoms with Gasteiger partial charge < -0.3 is 0 Å². The summed E-state index contributed by atoms with van der Waals surface area (Å²) in [7, 11) is 0. The Kier molecular flexibility index (Phi) is 2.83. The molecule has 2 heterocycles. The summed E-state index contributed by atoms with van der Waals surface area (Å²) >= 11 is 0. The Labute approximate surface area is 96.2 Å². The molecule has 1 radical (unpaired) electrons. The van der Waals surface area contributed by atoms with Crippen molar-refractivity contribution in [2.45, 2.75) is 13.1 Å². The lowest BCUT2D eigenvalue weighted by atomic mass is 10.0. The highest BCUT2D eigenvalue weighted by Gasteiger charge is 2.34. The second kappa shape index (κ2) is 4.16. The normalized spacial score (nSPS) is 11.5. The van der Waals surface area contributed by atoms with E-state index in [-0.39, 0.29) is 5.56 Å². The molecule has 2 rings (SSSR count). The number of alkyl halides is 3. The standard InChI is InChI=1S/C12H8F3N2/c1-8-3-2-5-17-11(8)9-4-6-16-7-10(9)12(13,14)15/h2-6H,1H3. The zero-order valence-corrected chi connectivity index (χ0v) is 8.92. The first-order chi connectivity index (χ1) is 8.00. The third-order valence-electron chi connectivity index (χ3n) is 2.31. The summed E-state index contributed by atoms with van der Waals surface area (Å²) in [6.07, 6.45) is 0.247. The number of pyridine rings is 2. The second-order valence-electron chi connectivity index (χ2n) is 3.51. The summed E-state index contributed by atoms with van der Waals surface area (Å²) in [6, 6.07) is 4.69. The van der Waals surface area contributed by atoms with Gasteiger partial charge in [-0.15, -0.1) is 0 Å². The Morgan fingerprint density at radius 1 is 1.18 bits per heavy atom. The van der Waals surface area contributed by atoms with Gasteiger partial charge in [-0.1, -0.05) is 6.07 Å². The average molecular weight is 237 g/mol. The molecule has 0 aromatic carbocycles. The van der Waals surface area contributed by atoms with Gasteiger partial charge in [0.05, 0.1) is 11.3 Å². The molecular weight excluding hydrogens is 229 g/mol. The van der Waals surface area contributed by atoms with E-state index in [2.05, 4.69) is 9.97 Å². The molecule has 0 aliphatic heterocycles. The SMILES string of the molecule is Cc1cccnc1-c1ccn[c]c1C(F)(F)F. The highest BCUT2D eigenvalue weighted by Crippen LogP contribution is 2.36. The topological polar surface area (TPSA) is 25.8 Å². The van der Waals surface area contributed by atoms with Crippen LogP contribution in [0.15, 0.2) is 30.6 Å². The molecule has 17 heavy (non-hydrogen) atoms. The zero-order chi connectivity index (χ0) is 12.5. The molecule has 0 N–H and O–H groups in total. The summed E-state index contributed by atoms with van der Waals surface area (Å²) in [5.41, 5.74) is 0.100. The molecule has 2 aromatic rings. The maximum Gasteiger partial charge on any atom is 0.419 e. The molecule has 0 bridgehead atoms. The van der Waals surface area contributed by atoms with Crippen LogP contribution in [0.25, 0.3) is 11.3 Å².